The number of ether oxygens (including phenoxy) is 1. The van der Waals surface area contributed by atoms with Crippen molar-refractivity contribution in [3.63, 3.8) is 0 Å². The molecule has 0 N–H and O–H groups in total. The van der Waals surface area contributed by atoms with Crippen LogP contribution in [0.2, 0.25) is 0 Å². The Balaban J connectivity index is 1.50. The molecule has 0 aromatic heterocycles. The van der Waals surface area contributed by atoms with Crippen LogP contribution in [0, 0.1) is 6.92 Å². The highest BCUT2D eigenvalue weighted by molar-refractivity contribution is 7.86. The molecule has 0 amide bonds. The Labute approximate surface area is 178 Å². The Morgan fingerprint density at radius 1 is 0.867 bits per heavy atom. The average Bonchev–Trinajstić information content (AvgIpc) is 2.73. The van der Waals surface area contributed by atoms with Crippen LogP contribution >= 0.6 is 0 Å². The van der Waals surface area contributed by atoms with Crippen molar-refractivity contribution in [3.8, 4) is 5.75 Å². The maximum atomic E-state index is 12.6. The average molecular weight is 424 g/mol. The van der Waals surface area contributed by atoms with E-state index in [1.165, 1.54) is 0 Å². The third-order valence-electron chi connectivity index (χ3n) is 5.36. The number of hydrogen-bond acceptors (Lipinski definition) is 5. The number of likely N-dealkylation sites (tertiary alicyclic amines) is 1. The third-order valence-corrected chi connectivity index (χ3v) is 6.74. The predicted molar refractivity (Wildman–Crippen MR) is 116 cm³/mol. The molecule has 5 nitrogen and oxygen atoms in total. The molecule has 1 atom stereocenters. The number of hydrogen-bond donors (Lipinski definition) is 0. The molecule has 3 aromatic carbocycles. The van der Waals surface area contributed by atoms with E-state index in [1.54, 1.807) is 31.4 Å². The second kappa shape index (κ2) is 8.60. The standard InChI is InChI=1S/C24H25NO4S/c1-18-8-14-23(15-9-18)30(26,27)29-22-16-25(17-22)24(19-6-4-3-5-7-19)20-10-12-21(28-2)13-11-20/h3-15,22,24H,16-17H2,1-2H3. The molecule has 0 saturated carbocycles. The minimum absolute atomic E-state index is 0.0269. The van der Waals surface area contributed by atoms with Crippen LogP contribution in [0.25, 0.3) is 0 Å². The first-order valence-electron chi connectivity index (χ1n) is 9.89. The molecule has 1 heterocycles. The molecule has 1 aliphatic rings. The van der Waals surface area contributed by atoms with Crippen LogP contribution in [0.4, 0.5) is 0 Å². The van der Waals surface area contributed by atoms with E-state index < -0.39 is 10.1 Å². The Morgan fingerprint density at radius 2 is 1.47 bits per heavy atom. The van der Waals surface area contributed by atoms with Gasteiger partial charge in [-0.2, -0.15) is 8.42 Å². The molecule has 0 radical (unpaired) electrons. The number of rotatable bonds is 7. The van der Waals surface area contributed by atoms with Gasteiger partial charge in [-0.15, -0.1) is 0 Å². The molecule has 1 aliphatic heterocycles. The molecule has 1 unspecified atom stereocenters. The fourth-order valence-corrected chi connectivity index (χ4v) is 4.78. The minimum Gasteiger partial charge on any atom is -0.497 e. The first-order chi connectivity index (χ1) is 14.5. The lowest BCUT2D eigenvalue weighted by Crippen LogP contribution is -2.54. The molecular weight excluding hydrogens is 398 g/mol. The predicted octanol–water partition coefficient (Wildman–Crippen LogP) is 4.18. The van der Waals surface area contributed by atoms with Crippen molar-refractivity contribution < 1.29 is 17.3 Å². The van der Waals surface area contributed by atoms with E-state index in [1.807, 2.05) is 49.4 Å². The molecule has 0 spiro atoms. The maximum absolute atomic E-state index is 12.6. The van der Waals surface area contributed by atoms with Crippen molar-refractivity contribution in [2.75, 3.05) is 20.2 Å². The summed E-state index contributed by atoms with van der Waals surface area (Å²) in [5, 5.41) is 0. The number of nitrogens with zero attached hydrogens (tertiary/aromatic N) is 1. The van der Waals surface area contributed by atoms with Gasteiger partial charge in [0.2, 0.25) is 0 Å². The van der Waals surface area contributed by atoms with Crippen LogP contribution in [-0.4, -0.2) is 39.6 Å². The van der Waals surface area contributed by atoms with Crippen LogP contribution in [0.15, 0.2) is 83.8 Å². The highest BCUT2D eigenvalue weighted by Gasteiger charge is 2.37. The van der Waals surface area contributed by atoms with E-state index in [0.717, 1.165) is 22.4 Å². The first-order valence-corrected chi connectivity index (χ1v) is 11.3. The van der Waals surface area contributed by atoms with E-state index in [0.29, 0.717) is 13.1 Å². The van der Waals surface area contributed by atoms with Gasteiger partial charge in [0.1, 0.15) is 11.9 Å². The van der Waals surface area contributed by atoms with Gasteiger partial charge >= 0.3 is 0 Å². The second-order valence-corrected chi connectivity index (χ2v) is 9.10. The topological polar surface area (TPSA) is 55.8 Å². The lowest BCUT2D eigenvalue weighted by atomic mass is 9.94. The van der Waals surface area contributed by atoms with Crippen LogP contribution in [0.5, 0.6) is 5.75 Å². The fraction of sp³-hybridized carbons (Fsp3) is 0.250. The molecule has 6 heteroatoms. The van der Waals surface area contributed by atoms with E-state index in [2.05, 4.69) is 17.0 Å². The molecule has 4 rings (SSSR count). The molecule has 3 aromatic rings. The van der Waals surface area contributed by atoms with Crippen LogP contribution in [0.3, 0.4) is 0 Å². The van der Waals surface area contributed by atoms with Crippen molar-refractivity contribution in [1.82, 2.24) is 4.90 Å². The van der Waals surface area contributed by atoms with Gasteiger partial charge in [-0.3, -0.25) is 9.08 Å². The Morgan fingerprint density at radius 3 is 2.07 bits per heavy atom. The Kier molecular flexibility index (Phi) is 5.90. The normalized spacial score (nSPS) is 16.1. The number of aryl methyl sites for hydroxylation is 1. The summed E-state index contributed by atoms with van der Waals surface area (Å²) in [7, 11) is -2.12. The van der Waals surface area contributed by atoms with Crippen molar-refractivity contribution in [1.29, 1.82) is 0 Å². The van der Waals surface area contributed by atoms with Crippen molar-refractivity contribution in [2.24, 2.45) is 0 Å². The largest absolute Gasteiger partial charge is 0.497 e. The summed E-state index contributed by atoms with van der Waals surface area (Å²) in [5.74, 6) is 0.805. The van der Waals surface area contributed by atoms with Crippen LogP contribution in [-0.2, 0) is 14.3 Å². The summed E-state index contributed by atoms with van der Waals surface area (Å²) in [4.78, 5) is 2.42. The van der Waals surface area contributed by atoms with Crippen LogP contribution < -0.4 is 4.74 Å². The molecule has 156 valence electrons. The van der Waals surface area contributed by atoms with Gasteiger partial charge in [-0.1, -0.05) is 60.2 Å². The van der Waals surface area contributed by atoms with E-state index in [-0.39, 0.29) is 17.0 Å². The van der Waals surface area contributed by atoms with Gasteiger partial charge in [0, 0.05) is 13.1 Å². The van der Waals surface area contributed by atoms with Gasteiger partial charge in [-0.05, 0) is 42.3 Å². The summed E-state index contributed by atoms with van der Waals surface area (Å²) >= 11 is 0. The third kappa shape index (κ3) is 4.41. The van der Waals surface area contributed by atoms with E-state index in [9.17, 15) is 8.42 Å². The van der Waals surface area contributed by atoms with Gasteiger partial charge < -0.3 is 4.74 Å². The molecule has 1 fully saturated rings. The SMILES string of the molecule is COc1ccc(C(c2ccccc2)N2CC(OS(=O)(=O)c3ccc(C)cc3)C2)cc1. The summed E-state index contributed by atoms with van der Waals surface area (Å²) in [6.45, 7) is 3.00. The zero-order valence-corrected chi connectivity index (χ0v) is 17.9. The molecule has 0 bridgehead atoms. The zero-order valence-electron chi connectivity index (χ0n) is 17.1. The molecule has 30 heavy (non-hydrogen) atoms. The van der Waals surface area contributed by atoms with E-state index >= 15 is 0 Å². The van der Waals surface area contributed by atoms with Crippen molar-refractivity contribution in [3.05, 3.63) is 95.6 Å². The zero-order chi connectivity index (χ0) is 21.1. The highest BCUT2D eigenvalue weighted by atomic mass is 32.2. The van der Waals surface area contributed by atoms with Gasteiger partial charge in [0.25, 0.3) is 10.1 Å². The summed E-state index contributed by atoms with van der Waals surface area (Å²) in [6.07, 6.45) is -0.360. The lowest BCUT2D eigenvalue weighted by Gasteiger charge is -2.43. The molecule has 0 aliphatic carbocycles. The van der Waals surface area contributed by atoms with Crippen molar-refractivity contribution >= 4 is 10.1 Å². The number of benzene rings is 3. The fourth-order valence-electron chi connectivity index (χ4n) is 3.72. The molecular formula is C24H25NO4S. The maximum Gasteiger partial charge on any atom is 0.297 e. The quantitative estimate of drug-likeness (QED) is 0.534. The van der Waals surface area contributed by atoms with Crippen LogP contribution in [0.1, 0.15) is 22.7 Å². The Bertz CT molecular complexity index is 1070. The monoisotopic (exact) mass is 423 g/mol. The smallest absolute Gasteiger partial charge is 0.297 e. The van der Waals surface area contributed by atoms with Crippen molar-refractivity contribution in [2.45, 2.75) is 24.0 Å². The van der Waals surface area contributed by atoms with Gasteiger partial charge in [-0.25, -0.2) is 0 Å². The van der Waals surface area contributed by atoms with Gasteiger partial charge in [0.05, 0.1) is 18.0 Å². The summed E-state index contributed by atoms with van der Waals surface area (Å²) in [5.41, 5.74) is 3.29. The van der Waals surface area contributed by atoms with Gasteiger partial charge in [0.15, 0.2) is 0 Å². The molecule has 1 saturated heterocycles. The lowest BCUT2D eigenvalue weighted by molar-refractivity contribution is 0.00418. The Hall–Kier alpha value is -2.67. The first kappa shape index (κ1) is 20.6. The summed E-state index contributed by atoms with van der Waals surface area (Å²) in [6, 6.07) is 24.9. The highest BCUT2D eigenvalue weighted by Crippen LogP contribution is 2.34. The second-order valence-electron chi connectivity index (χ2n) is 7.53. The van der Waals surface area contributed by atoms with E-state index in [4.69, 9.17) is 8.92 Å². The summed E-state index contributed by atoms with van der Waals surface area (Å²) < 4.78 is 35.9. The number of methoxy groups -OCH3 is 1. The minimum atomic E-state index is -3.77.